The van der Waals surface area contributed by atoms with Gasteiger partial charge in [-0.1, -0.05) is 24.3 Å². The van der Waals surface area contributed by atoms with Crippen molar-refractivity contribution in [2.45, 2.75) is 6.54 Å². The van der Waals surface area contributed by atoms with Crippen LogP contribution < -0.4 is 4.90 Å². The molecule has 0 aliphatic carbocycles. The van der Waals surface area contributed by atoms with Crippen LogP contribution in [0.15, 0.2) is 65.7 Å². The van der Waals surface area contributed by atoms with E-state index in [0.29, 0.717) is 29.6 Å². The number of hydrogen-bond acceptors (Lipinski definition) is 5. The molecule has 0 fully saturated rings. The Bertz CT molecular complexity index is 1640. The van der Waals surface area contributed by atoms with E-state index in [2.05, 4.69) is 33.2 Å². The van der Waals surface area contributed by atoms with Gasteiger partial charge in [-0.25, -0.2) is 9.97 Å². The Morgan fingerprint density at radius 3 is 2.28 bits per heavy atom. The van der Waals surface area contributed by atoms with E-state index in [9.17, 15) is 5.26 Å². The quantitative estimate of drug-likeness (QED) is 0.447. The maximum absolute atomic E-state index is 9.19. The number of imidazole rings is 2. The minimum atomic E-state index is 0.453. The van der Waals surface area contributed by atoms with Crippen molar-refractivity contribution in [2.75, 3.05) is 4.90 Å². The molecule has 0 spiro atoms. The molecule has 150 valence electrons. The summed E-state index contributed by atoms with van der Waals surface area (Å²) < 4.78 is 0. The molecule has 8 nitrogen and oxygen atoms in total. The molecule has 0 unspecified atom stereocenters. The maximum Gasteiger partial charge on any atom is 0.229 e. The number of benzene rings is 3. The molecule has 0 atom stereocenters. The molecule has 6 rings (SSSR count). The Morgan fingerprint density at radius 2 is 1.53 bits per heavy atom. The van der Waals surface area contributed by atoms with Crippen LogP contribution in [0, 0.1) is 22.7 Å². The highest BCUT2D eigenvalue weighted by molar-refractivity contribution is 6.14. The van der Waals surface area contributed by atoms with Gasteiger partial charge in [-0.2, -0.15) is 15.5 Å². The molecule has 8 heteroatoms. The molecular formula is C24H14N8. The van der Waals surface area contributed by atoms with Gasteiger partial charge in [0.05, 0.1) is 51.9 Å². The minimum Gasteiger partial charge on any atom is -0.324 e. The van der Waals surface area contributed by atoms with Crippen LogP contribution in [0.2, 0.25) is 0 Å². The fourth-order valence-electron chi connectivity index (χ4n) is 3.98. The molecule has 0 saturated heterocycles. The van der Waals surface area contributed by atoms with Crippen molar-refractivity contribution < 1.29 is 0 Å². The molecule has 0 radical (unpaired) electrons. The van der Waals surface area contributed by atoms with E-state index in [-0.39, 0.29) is 0 Å². The summed E-state index contributed by atoms with van der Waals surface area (Å²) in [5, 5.41) is 18.3. The summed E-state index contributed by atoms with van der Waals surface area (Å²) in [6.07, 6.45) is 0. The van der Waals surface area contributed by atoms with Crippen molar-refractivity contribution in [2.24, 2.45) is 4.99 Å². The summed E-state index contributed by atoms with van der Waals surface area (Å²) in [5.41, 5.74) is 6.35. The second kappa shape index (κ2) is 6.79. The van der Waals surface area contributed by atoms with Crippen LogP contribution in [0.25, 0.3) is 22.1 Å². The first kappa shape index (κ1) is 17.9. The number of H-pyrrole nitrogens is 2. The highest BCUT2D eigenvalue weighted by Crippen LogP contribution is 2.30. The van der Waals surface area contributed by atoms with Crippen LogP contribution in [0.5, 0.6) is 0 Å². The van der Waals surface area contributed by atoms with E-state index in [0.717, 1.165) is 39.0 Å². The molecule has 5 aromatic rings. The topological polar surface area (TPSA) is 121 Å². The molecular weight excluding hydrogens is 400 g/mol. The molecule has 1 aliphatic rings. The Labute approximate surface area is 182 Å². The molecule has 32 heavy (non-hydrogen) atoms. The molecule has 2 N–H and O–H groups in total. The van der Waals surface area contributed by atoms with Gasteiger partial charge >= 0.3 is 0 Å². The van der Waals surface area contributed by atoms with E-state index in [1.165, 1.54) is 0 Å². The fourth-order valence-corrected chi connectivity index (χ4v) is 3.98. The van der Waals surface area contributed by atoms with Gasteiger partial charge in [0, 0.05) is 5.56 Å². The first-order valence-corrected chi connectivity index (χ1v) is 9.96. The lowest BCUT2D eigenvalue weighted by Gasteiger charge is -2.15. The van der Waals surface area contributed by atoms with Crippen molar-refractivity contribution in [1.29, 1.82) is 10.5 Å². The van der Waals surface area contributed by atoms with Crippen LogP contribution in [-0.4, -0.2) is 25.8 Å². The van der Waals surface area contributed by atoms with Crippen molar-refractivity contribution >= 4 is 39.8 Å². The number of nitrogens with one attached hydrogen (secondary N) is 2. The number of nitriles is 2. The fraction of sp³-hybridized carbons (Fsp3) is 0.0417. The van der Waals surface area contributed by atoms with Gasteiger partial charge in [0.15, 0.2) is 0 Å². The molecule has 1 aliphatic heterocycles. The van der Waals surface area contributed by atoms with Crippen LogP contribution in [0.1, 0.15) is 22.3 Å². The van der Waals surface area contributed by atoms with Crippen molar-refractivity contribution in [3.63, 3.8) is 0 Å². The van der Waals surface area contributed by atoms with E-state index in [1.807, 2.05) is 29.2 Å². The normalized spacial score (nSPS) is 14.1. The summed E-state index contributed by atoms with van der Waals surface area (Å²) in [6.45, 7) is 0.610. The Morgan fingerprint density at radius 1 is 0.844 bits per heavy atom. The van der Waals surface area contributed by atoms with Crippen molar-refractivity contribution in [1.82, 2.24) is 19.9 Å². The minimum absolute atomic E-state index is 0.453. The van der Waals surface area contributed by atoms with Crippen LogP contribution >= 0.6 is 0 Å². The summed E-state index contributed by atoms with van der Waals surface area (Å²) in [7, 11) is 0. The summed E-state index contributed by atoms with van der Waals surface area (Å²) in [5.74, 6) is 1.82. The first-order chi connectivity index (χ1) is 15.7. The van der Waals surface area contributed by atoms with E-state index in [4.69, 9.17) is 15.2 Å². The van der Waals surface area contributed by atoms with Gasteiger partial charge in [-0.15, -0.1) is 0 Å². The Balaban J connectivity index is 1.49. The van der Waals surface area contributed by atoms with Gasteiger partial charge in [-0.3, -0.25) is 4.90 Å². The van der Waals surface area contributed by atoms with Gasteiger partial charge in [-0.05, 0) is 42.0 Å². The number of aromatic amines is 2. The van der Waals surface area contributed by atoms with Crippen LogP contribution in [-0.2, 0) is 6.54 Å². The number of hydrogen-bond donors (Lipinski definition) is 2. The molecule has 0 amide bonds. The second-order valence-corrected chi connectivity index (χ2v) is 7.49. The van der Waals surface area contributed by atoms with Crippen molar-refractivity contribution in [3.05, 3.63) is 82.9 Å². The highest BCUT2D eigenvalue weighted by Gasteiger charge is 2.29. The molecule has 0 bridgehead atoms. The Hall–Kier alpha value is -4.95. The first-order valence-electron chi connectivity index (χ1n) is 9.96. The number of aliphatic imine (C=N–C) groups is 1. The zero-order valence-corrected chi connectivity index (χ0v) is 16.7. The number of amidine groups is 1. The van der Waals surface area contributed by atoms with Crippen LogP contribution in [0.4, 0.5) is 11.9 Å². The number of fused-ring (bicyclic) bond motifs is 3. The zero-order chi connectivity index (χ0) is 21.7. The molecule has 2 aromatic heterocycles. The standard InChI is InChI=1S/C24H14N8/c25-11-14-5-7-18-20(9-14)28-23(27-18)31-22-17-4-2-1-3-16(17)13-32(22)24-29-19-8-6-15(12-26)10-21(19)30-24/h1-10H,13H2,(H,27,28)(H,29,30)/b31-22+. The number of rotatable bonds is 2. The monoisotopic (exact) mass is 414 g/mol. The second-order valence-electron chi connectivity index (χ2n) is 7.49. The smallest absolute Gasteiger partial charge is 0.229 e. The van der Waals surface area contributed by atoms with Gasteiger partial charge < -0.3 is 9.97 Å². The number of aromatic nitrogens is 4. The molecule has 3 aromatic carbocycles. The molecule has 0 saturated carbocycles. The maximum atomic E-state index is 9.19. The van der Waals surface area contributed by atoms with Gasteiger partial charge in [0.25, 0.3) is 0 Å². The SMILES string of the molecule is N#Cc1ccc2nc(/N=C3\c4ccccc4CN3c3nc4ccc(C#N)cc4[nH]3)[nH]c2c1. The number of nitrogens with zero attached hydrogens (tertiary/aromatic N) is 6. The summed E-state index contributed by atoms with van der Waals surface area (Å²) in [6, 6.07) is 23.1. The van der Waals surface area contributed by atoms with E-state index >= 15 is 0 Å². The highest BCUT2D eigenvalue weighted by atomic mass is 15.3. The van der Waals surface area contributed by atoms with Crippen molar-refractivity contribution in [3.8, 4) is 12.1 Å². The van der Waals surface area contributed by atoms with E-state index in [1.54, 1.807) is 30.3 Å². The third-order valence-corrected chi connectivity index (χ3v) is 5.51. The number of anilines is 1. The predicted octanol–water partition coefficient (Wildman–Crippen LogP) is 4.28. The summed E-state index contributed by atoms with van der Waals surface area (Å²) in [4.78, 5) is 22.7. The lowest BCUT2D eigenvalue weighted by molar-refractivity contribution is 0.997. The van der Waals surface area contributed by atoms with E-state index < -0.39 is 0 Å². The van der Waals surface area contributed by atoms with Gasteiger partial charge in [0.1, 0.15) is 5.84 Å². The average molecular weight is 414 g/mol. The van der Waals surface area contributed by atoms with Gasteiger partial charge in [0.2, 0.25) is 11.9 Å². The third kappa shape index (κ3) is 2.79. The predicted molar refractivity (Wildman–Crippen MR) is 120 cm³/mol. The third-order valence-electron chi connectivity index (χ3n) is 5.51. The largest absolute Gasteiger partial charge is 0.324 e. The lowest BCUT2D eigenvalue weighted by Crippen LogP contribution is -2.25. The lowest BCUT2D eigenvalue weighted by atomic mass is 10.1. The summed E-state index contributed by atoms with van der Waals surface area (Å²) >= 11 is 0. The Kier molecular flexibility index (Phi) is 3.79. The zero-order valence-electron chi connectivity index (χ0n) is 16.7. The van der Waals surface area contributed by atoms with Crippen LogP contribution in [0.3, 0.4) is 0 Å². The molecule has 3 heterocycles. The average Bonchev–Trinajstić information content (AvgIpc) is 3.52.